The Bertz CT molecular complexity index is 691. The maximum absolute atomic E-state index is 6.02. The van der Waals surface area contributed by atoms with E-state index in [9.17, 15) is 0 Å². The number of nitrogens with zero attached hydrogens (tertiary/aromatic N) is 2. The average Bonchev–Trinajstić information content (AvgIpc) is 2.61. The summed E-state index contributed by atoms with van der Waals surface area (Å²) in [5, 5.41) is 3.27. The van der Waals surface area contributed by atoms with Gasteiger partial charge >= 0.3 is 0 Å². The average molecular weight is 440 g/mol. The summed E-state index contributed by atoms with van der Waals surface area (Å²) in [4.78, 5) is 8.53. The minimum Gasteiger partial charge on any atom is -0.493 e. The molecule has 1 aliphatic heterocycles. The molecule has 7 heteroatoms. The van der Waals surface area contributed by atoms with Crippen molar-refractivity contribution in [2.75, 3.05) is 13.7 Å². The van der Waals surface area contributed by atoms with E-state index in [-0.39, 0.29) is 30.0 Å². The smallest absolute Gasteiger partial charge is 0.212 e. The van der Waals surface area contributed by atoms with Gasteiger partial charge in [-0.05, 0) is 11.6 Å². The zero-order chi connectivity index (χ0) is 16.1. The molecule has 0 radical (unpaired) electrons. The summed E-state index contributed by atoms with van der Waals surface area (Å²) in [5.41, 5.74) is 8.11. The molecule has 6 nitrogen and oxygen atoms in total. The zero-order valence-electron chi connectivity index (χ0n) is 13.4. The number of halogens is 1. The molecule has 128 valence electrons. The van der Waals surface area contributed by atoms with E-state index >= 15 is 0 Å². The van der Waals surface area contributed by atoms with E-state index in [1.54, 1.807) is 13.3 Å². The van der Waals surface area contributed by atoms with Gasteiger partial charge in [0.15, 0.2) is 5.96 Å². The first-order chi connectivity index (χ1) is 11.3. The topological polar surface area (TPSA) is 81.8 Å². The van der Waals surface area contributed by atoms with Crippen LogP contribution in [0.5, 0.6) is 11.6 Å². The van der Waals surface area contributed by atoms with Gasteiger partial charge in [-0.15, -0.1) is 24.0 Å². The van der Waals surface area contributed by atoms with Gasteiger partial charge in [-0.2, -0.15) is 0 Å². The van der Waals surface area contributed by atoms with E-state index in [2.05, 4.69) is 15.3 Å². The summed E-state index contributed by atoms with van der Waals surface area (Å²) in [7, 11) is 1.59. The summed E-state index contributed by atoms with van der Waals surface area (Å²) >= 11 is 0. The third-order valence-electron chi connectivity index (χ3n) is 3.72. The Morgan fingerprint density at radius 1 is 1.38 bits per heavy atom. The van der Waals surface area contributed by atoms with Gasteiger partial charge in [0.1, 0.15) is 5.75 Å². The quantitative estimate of drug-likeness (QED) is 0.434. The molecule has 0 spiro atoms. The number of nitrogens with two attached hydrogens (primary N) is 1. The summed E-state index contributed by atoms with van der Waals surface area (Å²) in [6.07, 6.45) is 2.59. The van der Waals surface area contributed by atoms with Crippen LogP contribution in [-0.2, 0) is 6.54 Å². The molecule has 0 saturated carbocycles. The molecule has 2 heterocycles. The number of aromatic nitrogens is 1. The number of guanidine groups is 1. The SMILES string of the molecule is COc1ccc(CN=C(N)NC2CCOc3ccccc32)cn1.I. The van der Waals surface area contributed by atoms with Gasteiger partial charge in [-0.25, -0.2) is 9.98 Å². The fourth-order valence-corrected chi connectivity index (χ4v) is 2.52. The van der Waals surface area contributed by atoms with Crippen LogP contribution in [-0.4, -0.2) is 24.7 Å². The number of hydrogen-bond acceptors (Lipinski definition) is 4. The number of ether oxygens (including phenoxy) is 2. The van der Waals surface area contributed by atoms with E-state index in [4.69, 9.17) is 15.2 Å². The minimum atomic E-state index is 0. The van der Waals surface area contributed by atoms with Crippen molar-refractivity contribution < 1.29 is 9.47 Å². The molecule has 1 aliphatic rings. The van der Waals surface area contributed by atoms with Crippen molar-refractivity contribution in [3.05, 3.63) is 53.7 Å². The van der Waals surface area contributed by atoms with Crippen LogP contribution >= 0.6 is 24.0 Å². The molecule has 0 amide bonds. The Labute approximate surface area is 158 Å². The number of aliphatic imine (C=N–C) groups is 1. The Morgan fingerprint density at radius 3 is 2.96 bits per heavy atom. The van der Waals surface area contributed by atoms with Crippen LogP contribution in [0.4, 0.5) is 0 Å². The first-order valence-corrected chi connectivity index (χ1v) is 7.53. The standard InChI is InChI=1S/C17H20N4O2.HI/c1-22-16-7-6-12(10-19-16)11-20-17(18)21-14-8-9-23-15-5-3-2-4-13(14)15;/h2-7,10,14H,8-9,11H2,1H3,(H3,18,20,21);1H. The Morgan fingerprint density at radius 2 is 2.21 bits per heavy atom. The van der Waals surface area contributed by atoms with E-state index in [1.165, 1.54) is 0 Å². The predicted octanol–water partition coefficient (Wildman–Crippen LogP) is 2.64. The van der Waals surface area contributed by atoms with E-state index < -0.39 is 0 Å². The molecular weight excluding hydrogens is 419 g/mol. The van der Waals surface area contributed by atoms with Crippen molar-refractivity contribution in [2.45, 2.75) is 19.0 Å². The van der Waals surface area contributed by atoms with Crippen molar-refractivity contribution in [3.8, 4) is 11.6 Å². The lowest BCUT2D eigenvalue weighted by Gasteiger charge is -2.26. The second-order valence-corrected chi connectivity index (χ2v) is 5.28. The highest BCUT2D eigenvalue weighted by molar-refractivity contribution is 14.0. The van der Waals surface area contributed by atoms with E-state index in [0.29, 0.717) is 25.0 Å². The number of fused-ring (bicyclic) bond motifs is 1. The van der Waals surface area contributed by atoms with Crippen LogP contribution in [0.25, 0.3) is 0 Å². The van der Waals surface area contributed by atoms with Crippen LogP contribution in [0.15, 0.2) is 47.6 Å². The molecule has 3 rings (SSSR count). The highest BCUT2D eigenvalue weighted by Crippen LogP contribution is 2.31. The summed E-state index contributed by atoms with van der Waals surface area (Å²) in [5.74, 6) is 1.91. The van der Waals surface area contributed by atoms with E-state index in [0.717, 1.165) is 23.3 Å². The van der Waals surface area contributed by atoms with Crippen LogP contribution in [0.2, 0.25) is 0 Å². The first-order valence-electron chi connectivity index (χ1n) is 7.53. The van der Waals surface area contributed by atoms with Crippen molar-refractivity contribution in [1.82, 2.24) is 10.3 Å². The lowest BCUT2D eigenvalue weighted by Crippen LogP contribution is -2.37. The molecule has 24 heavy (non-hydrogen) atoms. The number of methoxy groups -OCH3 is 1. The number of nitrogens with one attached hydrogen (secondary N) is 1. The van der Waals surface area contributed by atoms with Gasteiger partial charge in [-0.3, -0.25) is 0 Å². The van der Waals surface area contributed by atoms with Gasteiger partial charge in [0.2, 0.25) is 5.88 Å². The van der Waals surface area contributed by atoms with Crippen LogP contribution in [0.3, 0.4) is 0 Å². The fourth-order valence-electron chi connectivity index (χ4n) is 2.52. The van der Waals surface area contributed by atoms with Crippen molar-refractivity contribution in [1.29, 1.82) is 0 Å². The maximum atomic E-state index is 6.02. The first kappa shape index (κ1) is 18.3. The molecule has 3 N–H and O–H groups in total. The maximum Gasteiger partial charge on any atom is 0.212 e. The largest absolute Gasteiger partial charge is 0.493 e. The molecule has 1 unspecified atom stereocenters. The third kappa shape index (κ3) is 4.50. The highest BCUT2D eigenvalue weighted by atomic mass is 127. The normalized spacial score (nSPS) is 16.4. The Balaban J connectivity index is 0.00000208. The minimum absolute atomic E-state index is 0. The van der Waals surface area contributed by atoms with Crippen molar-refractivity contribution in [2.24, 2.45) is 10.7 Å². The molecule has 1 aromatic carbocycles. The molecular formula is C17H21IN4O2. The van der Waals surface area contributed by atoms with E-state index in [1.807, 2.05) is 36.4 Å². The molecule has 1 aromatic heterocycles. The molecule has 0 aliphatic carbocycles. The lowest BCUT2D eigenvalue weighted by atomic mass is 10.0. The number of pyridine rings is 1. The third-order valence-corrected chi connectivity index (χ3v) is 3.72. The lowest BCUT2D eigenvalue weighted by molar-refractivity contribution is 0.262. The molecule has 0 fully saturated rings. The summed E-state index contributed by atoms with van der Waals surface area (Å²) in [6, 6.07) is 11.8. The second kappa shape index (κ2) is 8.72. The van der Waals surface area contributed by atoms with Crippen LogP contribution < -0.4 is 20.5 Å². The molecule has 2 aromatic rings. The molecule has 0 bridgehead atoms. The van der Waals surface area contributed by atoms with Crippen molar-refractivity contribution >= 4 is 29.9 Å². The van der Waals surface area contributed by atoms with Gasteiger partial charge in [0.25, 0.3) is 0 Å². The zero-order valence-corrected chi connectivity index (χ0v) is 15.8. The Hall–Kier alpha value is -2.03. The number of rotatable bonds is 4. The van der Waals surface area contributed by atoms with Gasteiger partial charge in [0, 0.05) is 24.2 Å². The second-order valence-electron chi connectivity index (χ2n) is 5.28. The van der Waals surface area contributed by atoms with Gasteiger partial charge < -0.3 is 20.5 Å². The monoisotopic (exact) mass is 440 g/mol. The van der Waals surface area contributed by atoms with Crippen molar-refractivity contribution in [3.63, 3.8) is 0 Å². The predicted molar refractivity (Wildman–Crippen MR) is 104 cm³/mol. The summed E-state index contributed by atoms with van der Waals surface area (Å²) < 4.78 is 10.7. The number of benzene rings is 1. The number of hydrogen-bond donors (Lipinski definition) is 2. The molecule has 0 saturated heterocycles. The highest BCUT2D eigenvalue weighted by Gasteiger charge is 2.21. The fraction of sp³-hybridized carbons (Fsp3) is 0.294. The number of para-hydroxylation sites is 1. The van der Waals surface area contributed by atoms with Gasteiger partial charge in [0.05, 0.1) is 26.3 Å². The molecule has 1 atom stereocenters. The van der Waals surface area contributed by atoms with Crippen LogP contribution in [0, 0.1) is 0 Å². The van der Waals surface area contributed by atoms with Crippen LogP contribution in [0.1, 0.15) is 23.6 Å². The summed E-state index contributed by atoms with van der Waals surface area (Å²) in [6.45, 7) is 1.14. The van der Waals surface area contributed by atoms with Gasteiger partial charge in [-0.1, -0.05) is 24.3 Å². The Kier molecular flexibility index (Phi) is 6.65.